The summed E-state index contributed by atoms with van der Waals surface area (Å²) in [6, 6.07) is 19.5. The van der Waals surface area contributed by atoms with E-state index >= 15 is 0 Å². The average molecular weight is 498 g/mol. The summed E-state index contributed by atoms with van der Waals surface area (Å²) >= 11 is 1.38. The summed E-state index contributed by atoms with van der Waals surface area (Å²) < 4.78 is 12.7. The predicted molar refractivity (Wildman–Crippen MR) is 144 cm³/mol. The minimum absolute atomic E-state index is 0.0301. The van der Waals surface area contributed by atoms with Gasteiger partial charge in [-0.1, -0.05) is 47.2 Å². The molecule has 0 unspecified atom stereocenters. The molecule has 6 nitrogen and oxygen atoms in total. The highest BCUT2D eigenvalue weighted by Gasteiger charge is 2.14. The van der Waals surface area contributed by atoms with Crippen molar-refractivity contribution in [1.29, 1.82) is 5.26 Å². The zero-order valence-electron chi connectivity index (χ0n) is 20.7. The molecule has 7 heteroatoms. The SMILES string of the molecule is CCOc1cc(/C=C(\C#N)C(=O)Nc2nc3cc(C)c(C)cc3s2)ccc1OCc1cccc(C)c1. The van der Waals surface area contributed by atoms with Gasteiger partial charge in [0.2, 0.25) is 0 Å². The lowest BCUT2D eigenvalue weighted by atomic mass is 10.1. The van der Waals surface area contributed by atoms with Crippen LogP contribution in [0.5, 0.6) is 11.5 Å². The molecule has 4 aromatic rings. The topological polar surface area (TPSA) is 84.2 Å². The minimum Gasteiger partial charge on any atom is -0.490 e. The molecule has 0 aliphatic rings. The number of anilines is 1. The largest absolute Gasteiger partial charge is 0.490 e. The van der Waals surface area contributed by atoms with E-state index in [0.717, 1.165) is 26.9 Å². The number of rotatable bonds is 8. The van der Waals surface area contributed by atoms with Crippen LogP contribution in [0.1, 0.15) is 34.7 Å². The Morgan fingerprint density at radius 3 is 2.61 bits per heavy atom. The summed E-state index contributed by atoms with van der Waals surface area (Å²) in [6.45, 7) is 8.86. The molecular weight excluding hydrogens is 470 g/mol. The van der Waals surface area contributed by atoms with Crippen molar-refractivity contribution in [3.63, 3.8) is 0 Å². The van der Waals surface area contributed by atoms with Crippen molar-refractivity contribution in [2.24, 2.45) is 0 Å². The third-order valence-electron chi connectivity index (χ3n) is 5.64. The van der Waals surface area contributed by atoms with E-state index in [9.17, 15) is 10.1 Å². The molecule has 3 aromatic carbocycles. The summed E-state index contributed by atoms with van der Waals surface area (Å²) in [6.07, 6.45) is 1.53. The van der Waals surface area contributed by atoms with Crippen molar-refractivity contribution in [2.45, 2.75) is 34.3 Å². The Labute approximate surface area is 214 Å². The number of aryl methyl sites for hydroxylation is 3. The maximum atomic E-state index is 12.8. The number of nitrogens with one attached hydrogen (secondary N) is 1. The van der Waals surface area contributed by atoms with Crippen molar-refractivity contribution in [2.75, 3.05) is 11.9 Å². The van der Waals surface area contributed by atoms with Crippen molar-refractivity contribution in [1.82, 2.24) is 4.98 Å². The number of ether oxygens (including phenoxy) is 2. The number of carbonyl (C=O) groups is 1. The second-order valence-corrected chi connectivity index (χ2v) is 9.49. The Bertz CT molecular complexity index is 1460. The molecule has 182 valence electrons. The molecule has 1 heterocycles. The second-order valence-electron chi connectivity index (χ2n) is 8.46. The highest BCUT2D eigenvalue weighted by atomic mass is 32.1. The van der Waals surface area contributed by atoms with Crippen LogP contribution in [0.3, 0.4) is 0 Å². The molecule has 0 saturated heterocycles. The molecule has 0 aliphatic heterocycles. The molecule has 0 spiro atoms. The Balaban J connectivity index is 1.52. The van der Waals surface area contributed by atoms with Crippen LogP contribution in [0.15, 0.2) is 60.2 Å². The molecule has 1 N–H and O–H groups in total. The molecule has 0 aliphatic carbocycles. The number of nitriles is 1. The Morgan fingerprint density at radius 2 is 1.86 bits per heavy atom. The third-order valence-corrected chi connectivity index (χ3v) is 6.58. The van der Waals surface area contributed by atoms with Gasteiger partial charge in [-0.15, -0.1) is 0 Å². The van der Waals surface area contributed by atoms with E-state index < -0.39 is 5.91 Å². The lowest BCUT2D eigenvalue weighted by Crippen LogP contribution is -2.13. The van der Waals surface area contributed by atoms with Gasteiger partial charge in [0.05, 0.1) is 16.8 Å². The maximum absolute atomic E-state index is 12.8. The lowest BCUT2D eigenvalue weighted by molar-refractivity contribution is -0.112. The Morgan fingerprint density at radius 1 is 1.06 bits per heavy atom. The van der Waals surface area contributed by atoms with Crippen LogP contribution in [0.4, 0.5) is 5.13 Å². The van der Waals surface area contributed by atoms with E-state index in [1.165, 1.54) is 23.0 Å². The Hall–Kier alpha value is -4.15. The number of nitrogens with zero attached hydrogens (tertiary/aromatic N) is 2. The lowest BCUT2D eigenvalue weighted by Gasteiger charge is -2.13. The van der Waals surface area contributed by atoms with Crippen LogP contribution in [0, 0.1) is 32.1 Å². The van der Waals surface area contributed by atoms with Crippen molar-refractivity contribution in [3.8, 4) is 17.6 Å². The van der Waals surface area contributed by atoms with E-state index in [0.29, 0.717) is 35.4 Å². The average Bonchev–Trinajstić information content (AvgIpc) is 3.23. The van der Waals surface area contributed by atoms with Crippen LogP contribution < -0.4 is 14.8 Å². The maximum Gasteiger partial charge on any atom is 0.268 e. The highest BCUT2D eigenvalue weighted by molar-refractivity contribution is 7.22. The fraction of sp³-hybridized carbons (Fsp3) is 0.207. The van der Waals surface area contributed by atoms with E-state index in [4.69, 9.17) is 9.47 Å². The predicted octanol–water partition coefficient (Wildman–Crippen LogP) is 6.74. The zero-order valence-corrected chi connectivity index (χ0v) is 21.5. The molecular formula is C29H27N3O3S. The van der Waals surface area contributed by atoms with Crippen LogP contribution >= 0.6 is 11.3 Å². The van der Waals surface area contributed by atoms with Crippen LogP contribution in [-0.4, -0.2) is 17.5 Å². The van der Waals surface area contributed by atoms with Crippen molar-refractivity contribution < 1.29 is 14.3 Å². The first-order valence-corrected chi connectivity index (χ1v) is 12.4. The quantitative estimate of drug-likeness (QED) is 0.215. The van der Waals surface area contributed by atoms with Crippen molar-refractivity contribution >= 4 is 38.7 Å². The molecule has 0 fully saturated rings. The molecule has 36 heavy (non-hydrogen) atoms. The number of thiazole rings is 1. The normalized spacial score (nSPS) is 11.2. The summed E-state index contributed by atoms with van der Waals surface area (Å²) in [4.78, 5) is 17.3. The van der Waals surface area contributed by atoms with E-state index in [1.54, 1.807) is 18.2 Å². The minimum atomic E-state index is -0.511. The number of fused-ring (bicyclic) bond motifs is 1. The number of amides is 1. The fourth-order valence-electron chi connectivity index (χ4n) is 3.68. The smallest absolute Gasteiger partial charge is 0.268 e. The van der Waals surface area contributed by atoms with Gasteiger partial charge in [0, 0.05) is 0 Å². The summed E-state index contributed by atoms with van der Waals surface area (Å²) in [7, 11) is 0. The summed E-state index contributed by atoms with van der Waals surface area (Å²) in [5, 5.41) is 12.9. The first kappa shape index (κ1) is 25.0. The van der Waals surface area contributed by atoms with Gasteiger partial charge in [-0.2, -0.15) is 5.26 Å². The molecule has 0 radical (unpaired) electrons. The number of benzene rings is 3. The summed E-state index contributed by atoms with van der Waals surface area (Å²) in [5.41, 5.74) is 5.98. The first-order chi connectivity index (χ1) is 17.4. The fourth-order valence-corrected chi connectivity index (χ4v) is 4.62. The van der Waals surface area contributed by atoms with E-state index in [-0.39, 0.29) is 5.57 Å². The number of aromatic nitrogens is 1. The molecule has 0 bridgehead atoms. The highest BCUT2D eigenvalue weighted by Crippen LogP contribution is 2.31. The monoisotopic (exact) mass is 497 g/mol. The van der Waals surface area contributed by atoms with E-state index in [2.05, 4.69) is 22.4 Å². The molecule has 4 rings (SSSR count). The van der Waals surface area contributed by atoms with Gasteiger partial charge in [-0.05, 0) is 80.3 Å². The van der Waals surface area contributed by atoms with Gasteiger partial charge >= 0.3 is 0 Å². The first-order valence-electron chi connectivity index (χ1n) is 11.6. The second kappa shape index (κ2) is 11.1. The van der Waals surface area contributed by atoms with Gasteiger partial charge in [-0.25, -0.2) is 4.98 Å². The van der Waals surface area contributed by atoms with Crippen LogP contribution in [0.2, 0.25) is 0 Å². The van der Waals surface area contributed by atoms with Gasteiger partial charge in [0.1, 0.15) is 18.2 Å². The number of hydrogen-bond acceptors (Lipinski definition) is 6. The molecule has 1 amide bonds. The van der Waals surface area contributed by atoms with Crippen LogP contribution in [0.25, 0.3) is 16.3 Å². The van der Waals surface area contributed by atoms with Crippen molar-refractivity contribution in [3.05, 3.63) is 88.0 Å². The molecule has 0 atom stereocenters. The van der Waals surface area contributed by atoms with Gasteiger partial charge < -0.3 is 9.47 Å². The number of carbonyl (C=O) groups excluding carboxylic acids is 1. The van der Waals surface area contributed by atoms with Gasteiger partial charge in [0.15, 0.2) is 16.6 Å². The van der Waals surface area contributed by atoms with Gasteiger partial charge in [-0.3, -0.25) is 10.1 Å². The standard InChI is InChI=1S/C29H27N3O3S/c1-5-34-26-15-21(9-10-25(26)35-17-22-8-6-7-18(2)11-22)14-23(16-30)28(33)32-29-31-24-12-19(3)20(4)13-27(24)36-29/h6-15H,5,17H2,1-4H3,(H,31,32,33)/b23-14+. The van der Waals surface area contributed by atoms with Gasteiger partial charge in [0.25, 0.3) is 5.91 Å². The van der Waals surface area contributed by atoms with E-state index in [1.807, 2.05) is 58.0 Å². The summed E-state index contributed by atoms with van der Waals surface area (Å²) in [5.74, 6) is 0.634. The zero-order chi connectivity index (χ0) is 25.7. The molecule has 0 saturated carbocycles. The van der Waals surface area contributed by atoms with Crippen LogP contribution in [-0.2, 0) is 11.4 Å². The third kappa shape index (κ3) is 5.91. The number of hydrogen-bond donors (Lipinski definition) is 1. The Kier molecular flexibility index (Phi) is 7.67. The molecule has 1 aromatic heterocycles.